The Morgan fingerprint density at radius 2 is 1.96 bits per heavy atom. The van der Waals surface area contributed by atoms with Crippen molar-refractivity contribution in [2.45, 2.75) is 38.5 Å². The summed E-state index contributed by atoms with van der Waals surface area (Å²) in [6, 6.07) is 6.82. The van der Waals surface area contributed by atoms with Crippen LogP contribution < -0.4 is 4.72 Å². The van der Waals surface area contributed by atoms with Crippen LogP contribution >= 0.6 is 0 Å². The first-order valence-electron chi connectivity index (χ1n) is 8.14. The van der Waals surface area contributed by atoms with E-state index in [9.17, 15) is 13.2 Å². The summed E-state index contributed by atoms with van der Waals surface area (Å²) in [4.78, 5) is 14.2. The molecule has 0 spiro atoms. The second-order valence-corrected chi connectivity index (χ2v) is 8.38. The molecule has 0 unspecified atom stereocenters. The van der Waals surface area contributed by atoms with Gasteiger partial charge in [-0.3, -0.25) is 4.79 Å². The van der Waals surface area contributed by atoms with E-state index in [4.69, 9.17) is 0 Å². The maximum atomic E-state index is 12.3. The molecule has 0 radical (unpaired) electrons. The summed E-state index contributed by atoms with van der Waals surface area (Å²) in [5.41, 5.74) is 1.03. The van der Waals surface area contributed by atoms with E-state index in [1.807, 2.05) is 25.7 Å². The Labute approximate surface area is 139 Å². The Morgan fingerprint density at radius 3 is 2.57 bits per heavy atom. The van der Waals surface area contributed by atoms with Gasteiger partial charge in [0.2, 0.25) is 15.9 Å². The standard InChI is InChI=1S/C17H26N2O3S/c1-13(2)17(20)19-10-4-5-15(12-19)11-18-23(21,22)16-8-6-14(3)7-9-16/h6-9,13,15,18H,4-5,10-12H2,1-3H3/t15-/m0/s1. The van der Waals surface area contributed by atoms with Crippen LogP contribution in [0, 0.1) is 18.8 Å². The molecular weight excluding hydrogens is 312 g/mol. The molecule has 23 heavy (non-hydrogen) atoms. The number of aryl methyl sites for hydroxylation is 1. The highest BCUT2D eigenvalue weighted by atomic mass is 32.2. The molecule has 0 saturated carbocycles. The average molecular weight is 338 g/mol. The van der Waals surface area contributed by atoms with Crippen molar-refractivity contribution < 1.29 is 13.2 Å². The van der Waals surface area contributed by atoms with Crippen molar-refractivity contribution in [3.8, 4) is 0 Å². The lowest BCUT2D eigenvalue weighted by Gasteiger charge is -2.34. The molecule has 0 bridgehead atoms. The number of carbonyl (C=O) groups excluding carboxylic acids is 1. The van der Waals surface area contributed by atoms with Crippen molar-refractivity contribution in [3.63, 3.8) is 0 Å². The van der Waals surface area contributed by atoms with Gasteiger partial charge < -0.3 is 4.90 Å². The zero-order valence-corrected chi connectivity index (χ0v) is 14.9. The van der Waals surface area contributed by atoms with E-state index < -0.39 is 10.0 Å². The van der Waals surface area contributed by atoms with Crippen molar-refractivity contribution in [2.75, 3.05) is 19.6 Å². The van der Waals surface area contributed by atoms with Crippen molar-refractivity contribution in [2.24, 2.45) is 11.8 Å². The minimum Gasteiger partial charge on any atom is -0.342 e. The molecule has 1 fully saturated rings. The van der Waals surface area contributed by atoms with Crippen molar-refractivity contribution in [1.29, 1.82) is 0 Å². The molecule has 1 amide bonds. The highest BCUT2D eigenvalue weighted by Crippen LogP contribution is 2.19. The molecule has 1 N–H and O–H groups in total. The first kappa shape index (κ1) is 17.9. The summed E-state index contributed by atoms with van der Waals surface area (Å²) in [6.07, 6.45) is 1.87. The van der Waals surface area contributed by atoms with Gasteiger partial charge in [0.25, 0.3) is 0 Å². The van der Waals surface area contributed by atoms with Crippen LogP contribution in [0.1, 0.15) is 32.3 Å². The Hall–Kier alpha value is -1.40. The van der Waals surface area contributed by atoms with E-state index in [0.717, 1.165) is 24.9 Å². The quantitative estimate of drug-likeness (QED) is 0.895. The smallest absolute Gasteiger partial charge is 0.240 e. The lowest BCUT2D eigenvalue weighted by atomic mass is 9.97. The van der Waals surface area contributed by atoms with E-state index in [1.54, 1.807) is 24.3 Å². The van der Waals surface area contributed by atoms with Gasteiger partial charge in [-0.2, -0.15) is 0 Å². The second kappa shape index (κ2) is 7.45. The molecule has 1 heterocycles. The Kier molecular flexibility index (Phi) is 5.81. The third-order valence-electron chi connectivity index (χ3n) is 4.22. The first-order chi connectivity index (χ1) is 10.8. The zero-order valence-electron chi connectivity index (χ0n) is 14.1. The summed E-state index contributed by atoms with van der Waals surface area (Å²) in [7, 11) is -3.48. The van der Waals surface area contributed by atoms with Crippen molar-refractivity contribution >= 4 is 15.9 Å². The molecule has 0 aromatic heterocycles. The number of hydrogen-bond donors (Lipinski definition) is 1. The van der Waals surface area contributed by atoms with Crippen LogP contribution in [0.25, 0.3) is 0 Å². The summed E-state index contributed by atoms with van der Waals surface area (Å²) >= 11 is 0. The minimum absolute atomic E-state index is 0.0157. The Balaban J connectivity index is 1.94. The normalized spacial score (nSPS) is 19.1. The van der Waals surface area contributed by atoms with Crippen molar-refractivity contribution in [3.05, 3.63) is 29.8 Å². The van der Waals surface area contributed by atoms with Gasteiger partial charge in [0.05, 0.1) is 4.90 Å². The average Bonchev–Trinajstić information content (AvgIpc) is 2.53. The fourth-order valence-electron chi connectivity index (χ4n) is 2.83. The predicted octanol–water partition coefficient (Wildman–Crippen LogP) is 2.17. The maximum absolute atomic E-state index is 12.3. The number of nitrogens with zero attached hydrogens (tertiary/aromatic N) is 1. The van der Waals surface area contributed by atoms with Crippen LogP contribution in [0.5, 0.6) is 0 Å². The number of nitrogens with one attached hydrogen (secondary N) is 1. The van der Waals surface area contributed by atoms with Crippen LogP contribution in [-0.4, -0.2) is 38.9 Å². The molecule has 1 aliphatic heterocycles. The molecule has 1 aromatic carbocycles. The van der Waals surface area contributed by atoms with Gasteiger partial charge in [-0.1, -0.05) is 31.5 Å². The van der Waals surface area contributed by atoms with Gasteiger partial charge in [0, 0.05) is 25.6 Å². The fraction of sp³-hybridized carbons (Fsp3) is 0.588. The predicted molar refractivity (Wildman–Crippen MR) is 90.5 cm³/mol. The molecule has 1 aromatic rings. The molecule has 1 saturated heterocycles. The third-order valence-corrected chi connectivity index (χ3v) is 5.66. The van der Waals surface area contributed by atoms with Gasteiger partial charge >= 0.3 is 0 Å². The minimum atomic E-state index is -3.48. The van der Waals surface area contributed by atoms with Crippen LogP contribution in [0.3, 0.4) is 0 Å². The summed E-state index contributed by atoms with van der Waals surface area (Å²) in [5, 5.41) is 0. The molecule has 2 rings (SSSR count). The lowest BCUT2D eigenvalue weighted by Crippen LogP contribution is -2.45. The molecule has 0 aliphatic carbocycles. The number of amides is 1. The number of hydrogen-bond acceptors (Lipinski definition) is 3. The van der Waals surface area contributed by atoms with Crippen LogP contribution in [0.2, 0.25) is 0 Å². The molecule has 1 atom stereocenters. The van der Waals surface area contributed by atoms with Crippen LogP contribution in [-0.2, 0) is 14.8 Å². The number of likely N-dealkylation sites (tertiary alicyclic amines) is 1. The number of benzene rings is 1. The lowest BCUT2D eigenvalue weighted by molar-refractivity contribution is -0.136. The number of piperidine rings is 1. The molecular formula is C17H26N2O3S. The highest BCUT2D eigenvalue weighted by Gasteiger charge is 2.26. The molecule has 5 nitrogen and oxygen atoms in total. The van der Waals surface area contributed by atoms with Crippen LogP contribution in [0.4, 0.5) is 0 Å². The monoisotopic (exact) mass is 338 g/mol. The molecule has 6 heteroatoms. The highest BCUT2D eigenvalue weighted by molar-refractivity contribution is 7.89. The summed E-state index contributed by atoms with van der Waals surface area (Å²) in [5.74, 6) is 0.306. The van der Waals surface area contributed by atoms with E-state index >= 15 is 0 Å². The maximum Gasteiger partial charge on any atom is 0.240 e. The van der Waals surface area contributed by atoms with Gasteiger partial charge in [0.15, 0.2) is 0 Å². The van der Waals surface area contributed by atoms with Gasteiger partial charge in [-0.25, -0.2) is 13.1 Å². The van der Waals surface area contributed by atoms with Crippen molar-refractivity contribution in [1.82, 2.24) is 9.62 Å². The van der Waals surface area contributed by atoms with E-state index in [0.29, 0.717) is 13.1 Å². The van der Waals surface area contributed by atoms with E-state index in [-0.39, 0.29) is 22.6 Å². The first-order valence-corrected chi connectivity index (χ1v) is 9.63. The SMILES string of the molecule is Cc1ccc(S(=O)(=O)NC[C@@H]2CCCN(C(=O)C(C)C)C2)cc1. The Morgan fingerprint density at radius 1 is 1.30 bits per heavy atom. The van der Waals surface area contributed by atoms with Gasteiger partial charge in [-0.05, 0) is 37.8 Å². The molecule has 128 valence electrons. The van der Waals surface area contributed by atoms with Crippen LogP contribution in [0.15, 0.2) is 29.2 Å². The van der Waals surface area contributed by atoms with E-state index in [2.05, 4.69) is 4.72 Å². The zero-order chi connectivity index (χ0) is 17.0. The fourth-order valence-corrected chi connectivity index (χ4v) is 3.94. The third kappa shape index (κ3) is 4.78. The van der Waals surface area contributed by atoms with Gasteiger partial charge in [0.1, 0.15) is 0 Å². The second-order valence-electron chi connectivity index (χ2n) is 6.61. The van der Waals surface area contributed by atoms with Gasteiger partial charge in [-0.15, -0.1) is 0 Å². The number of carbonyl (C=O) groups is 1. The summed E-state index contributed by atoms with van der Waals surface area (Å²) in [6.45, 7) is 7.49. The molecule has 1 aliphatic rings. The van der Waals surface area contributed by atoms with E-state index in [1.165, 1.54) is 0 Å². The number of rotatable bonds is 5. The topological polar surface area (TPSA) is 66.5 Å². The largest absolute Gasteiger partial charge is 0.342 e. The Bertz CT molecular complexity index is 638. The summed E-state index contributed by atoms with van der Waals surface area (Å²) < 4.78 is 27.3. The number of sulfonamides is 1.